The maximum absolute atomic E-state index is 10.4. The minimum Gasteiger partial charge on any atom is -0.461 e. The average Bonchev–Trinajstić information content (AvgIpc) is 3.12. The summed E-state index contributed by atoms with van der Waals surface area (Å²) in [7, 11) is 0. The van der Waals surface area contributed by atoms with Gasteiger partial charge in [0.25, 0.3) is 0 Å². The molecule has 0 aromatic carbocycles. The molecular formula is C17H19N5O2. The van der Waals surface area contributed by atoms with Crippen LogP contribution in [-0.4, -0.2) is 30.3 Å². The van der Waals surface area contributed by atoms with Crippen molar-refractivity contribution in [3.63, 3.8) is 0 Å². The molecule has 0 spiro atoms. The molecule has 0 aliphatic heterocycles. The number of furan rings is 1. The van der Waals surface area contributed by atoms with E-state index in [0.29, 0.717) is 22.9 Å². The second-order valence-electron chi connectivity index (χ2n) is 6.76. The van der Waals surface area contributed by atoms with E-state index in [1.54, 1.807) is 31.5 Å². The summed E-state index contributed by atoms with van der Waals surface area (Å²) >= 11 is 0. The summed E-state index contributed by atoms with van der Waals surface area (Å²) in [5.41, 5.74) is 5.22. The fraction of sp³-hybridized carbons (Fsp3) is 0.353. The van der Waals surface area contributed by atoms with Crippen LogP contribution in [0.15, 0.2) is 29.0 Å². The van der Waals surface area contributed by atoms with Crippen molar-refractivity contribution in [3.8, 4) is 23.4 Å². The van der Waals surface area contributed by atoms with Crippen LogP contribution < -0.4 is 5.73 Å². The van der Waals surface area contributed by atoms with Crippen molar-refractivity contribution < 1.29 is 9.52 Å². The highest BCUT2D eigenvalue weighted by Crippen LogP contribution is 2.29. The quantitative estimate of drug-likeness (QED) is 0.664. The molecule has 0 radical (unpaired) electrons. The zero-order chi connectivity index (χ0) is 17.5. The standard InChI is InChI=1S/C17H19N5O2/c1-16(2,3)17(4,23)8-7-11-10-22-15(13(18)19-11)20-14(21-22)12-6-5-9-24-12/h5-6,9-10,23H,1-4H3,(H2,18,19). The van der Waals surface area contributed by atoms with Crippen molar-refractivity contribution in [1.82, 2.24) is 19.6 Å². The molecule has 3 rings (SSSR count). The van der Waals surface area contributed by atoms with Gasteiger partial charge >= 0.3 is 0 Å². The van der Waals surface area contributed by atoms with Crippen molar-refractivity contribution in [2.24, 2.45) is 5.41 Å². The third-order valence-electron chi connectivity index (χ3n) is 3.98. The summed E-state index contributed by atoms with van der Waals surface area (Å²) in [5, 5.41) is 14.8. The fourth-order valence-corrected chi connectivity index (χ4v) is 1.86. The van der Waals surface area contributed by atoms with E-state index in [4.69, 9.17) is 10.2 Å². The lowest BCUT2D eigenvalue weighted by molar-refractivity contribution is 0.0128. The molecule has 7 heteroatoms. The predicted molar refractivity (Wildman–Crippen MR) is 89.9 cm³/mol. The maximum Gasteiger partial charge on any atom is 0.218 e. The maximum atomic E-state index is 10.4. The summed E-state index contributed by atoms with van der Waals surface area (Å²) < 4.78 is 6.80. The highest BCUT2D eigenvalue weighted by molar-refractivity contribution is 5.63. The number of nitrogens with two attached hydrogens (primary N) is 1. The molecule has 0 fully saturated rings. The number of nitrogens with zero attached hydrogens (tertiary/aromatic N) is 4. The first-order valence-electron chi connectivity index (χ1n) is 7.50. The molecule has 124 valence electrons. The minimum absolute atomic E-state index is 0.211. The zero-order valence-corrected chi connectivity index (χ0v) is 14.0. The Morgan fingerprint density at radius 1 is 1.25 bits per heavy atom. The molecule has 3 aromatic rings. The van der Waals surface area contributed by atoms with E-state index in [9.17, 15) is 5.11 Å². The lowest BCUT2D eigenvalue weighted by Crippen LogP contribution is -2.38. The zero-order valence-electron chi connectivity index (χ0n) is 14.0. The number of aliphatic hydroxyl groups is 1. The molecule has 0 saturated heterocycles. The van der Waals surface area contributed by atoms with Gasteiger partial charge in [0.15, 0.2) is 17.2 Å². The van der Waals surface area contributed by atoms with Crippen LogP contribution in [-0.2, 0) is 0 Å². The molecule has 24 heavy (non-hydrogen) atoms. The van der Waals surface area contributed by atoms with Crippen molar-refractivity contribution in [1.29, 1.82) is 0 Å². The molecule has 7 nitrogen and oxygen atoms in total. The largest absolute Gasteiger partial charge is 0.461 e. The second-order valence-corrected chi connectivity index (χ2v) is 6.76. The average molecular weight is 325 g/mol. The van der Waals surface area contributed by atoms with Gasteiger partial charge in [0.2, 0.25) is 5.82 Å². The van der Waals surface area contributed by atoms with Crippen molar-refractivity contribution in [3.05, 3.63) is 30.3 Å². The summed E-state index contributed by atoms with van der Waals surface area (Å²) in [6, 6.07) is 3.52. The number of anilines is 1. The molecule has 0 aliphatic carbocycles. The summed E-state index contributed by atoms with van der Waals surface area (Å²) in [6.45, 7) is 7.42. The van der Waals surface area contributed by atoms with Crippen LogP contribution in [0.2, 0.25) is 0 Å². The lowest BCUT2D eigenvalue weighted by atomic mass is 9.78. The van der Waals surface area contributed by atoms with Gasteiger partial charge < -0.3 is 15.3 Å². The third kappa shape index (κ3) is 2.84. The van der Waals surface area contributed by atoms with Gasteiger partial charge in [-0.2, -0.15) is 0 Å². The fourth-order valence-electron chi connectivity index (χ4n) is 1.86. The van der Waals surface area contributed by atoms with E-state index in [1.165, 1.54) is 4.52 Å². The molecular weight excluding hydrogens is 306 g/mol. The van der Waals surface area contributed by atoms with Gasteiger partial charge in [-0.3, -0.25) is 0 Å². The van der Waals surface area contributed by atoms with Gasteiger partial charge in [0, 0.05) is 5.41 Å². The molecule has 3 aromatic heterocycles. The normalized spacial score (nSPS) is 14.2. The highest BCUT2D eigenvalue weighted by atomic mass is 16.3. The topological polar surface area (TPSA) is 102 Å². The van der Waals surface area contributed by atoms with Crippen LogP contribution in [0.25, 0.3) is 17.2 Å². The number of rotatable bonds is 1. The molecule has 1 unspecified atom stereocenters. The highest BCUT2D eigenvalue weighted by Gasteiger charge is 2.33. The van der Waals surface area contributed by atoms with Crippen LogP contribution in [0.3, 0.4) is 0 Å². The molecule has 3 N–H and O–H groups in total. The molecule has 3 heterocycles. The molecule has 0 saturated carbocycles. The van der Waals surface area contributed by atoms with Gasteiger partial charge in [-0.05, 0) is 25.0 Å². The summed E-state index contributed by atoms with van der Waals surface area (Å²) in [5.74, 6) is 6.88. The molecule has 0 aliphatic rings. The number of hydrogen-bond donors (Lipinski definition) is 2. The molecule has 0 amide bonds. The van der Waals surface area contributed by atoms with Gasteiger partial charge in [-0.15, -0.1) is 5.10 Å². The van der Waals surface area contributed by atoms with Crippen molar-refractivity contribution in [2.45, 2.75) is 33.3 Å². The van der Waals surface area contributed by atoms with E-state index in [1.807, 2.05) is 20.8 Å². The van der Waals surface area contributed by atoms with Gasteiger partial charge in [0.1, 0.15) is 11.3 Å². The Hall–Kier alpha value is -2.85. The second kappa shape index (κ2) is 5.35. The lowest BCUT2D eigenvalue weighted by Gasteiger charge is -2.32. The molecule has 1 atom stereocenters. The van der Waals surface area contributed by atoms with Crippen LogP contribution >= 0.6 is 0 Å². The van der Waals surface area contributed by atoms with Gasteiger partial charge in [-0.25, -0.2) is 14.5 Å². The van der Waals surface area contributed by atoms with E-state index >= 15 is 0 Å². The Labute approximate surface area is 139 Å². The first-order chi connectivity index (χ1) is 11.2. The van der Waals surface area contributed by atoms with Crippen LogP contribution in [0.5, 0.6) is 0 Å². The smallest absolute Gasteiger partial charge is 0.218 e. The van der Waals surface area contributed by atoms with Crippen molar-refractivity contribution >= 4 is 11.5 Å². The number of nitrogen functional groups attached to an aromatic ring is 1. The number of fused-ring (bicyclic) bond motifs is 1. The van der Waals surface area contributed by atoms with Gasteiger partial charge in [-0.1, -0.05) is 26.7 Å². The number of aromatic nitrogens is 4. The Kier molecular flexibility index (Phi) is 3.57. The molecule has 0 bridgehead atoms. The Balaban J connectivity index is 2.03. The minimum atomic E-state index is -1.17. The summed E-state index contributed by atoms with van der Waals surface area (Å²) in [6.07, 6.45) is 3.17. The Morgan fingerprint density at radius 3 is 2.62 bits per heavy atom. The Morgan fingerprint density at radius 2 is 2.00 bits per heavy atom. The first kappa shape index (κ1) is 16.0. The van der Waals surface area contributed by atoms with E-state index in [0.717, 1.165) is 0 Å². The van der Waals surface area contributed by atoms with E-state index in [2.05, 4.69) is 26.9 Å². The predicted octanol–water partition coefficient (Wildman–Crippen LogP) is 2.12. The van der Waals surface area contributed by atoms with Gasteiger partial charge in [0.05, 0.1) is 12.5 Å². The van der Waals surface area contributed by atoms with Crippen molar-refractivity contribution in [2.75, 3.05) is 5.73 Å². The SMILES string of the molecule is CC(C)(C)C(C)(O)C#Cc1cn2nc(-c3ccco3)nc2c(N)n1. The first-order valence-corrected chi connectivity index (χ1v) is 7.50. The Bertz CT molecular complexity index is 937. The third-order valence-corrected chi connectivity index (χ3v) is 3.98. The summed E-state index contributed by atoms with van der Waals surface area (Å²) in [4.78, 5) is 8.54. The van der Waals surface area contributed by atoms with Crippen LogP contribution in [0, 0.1) is 17.3 Å². The van der Waals surface area contributed by atoms with E-state index in [-0.39, 0.29) is 5.82 Å². The van der Waals surface area contributed by atoms with E-state index < -0.39 is 11.0 Å². The monoisotopic (exact) mass is 325 g/mol. The van der Waals surface area contributed by atoms with Crippen LogP contribution in [0.1, 0.15) is 33.4 Å². The van der Waals surface area contributed by atoms with Crippen LogP contribution in [0.4, 0.5) is 5.82 Å². The number of hydrogen-bond acceptors (Lipinski definition) is 6.